The SMILES string of the molecule is C[C@@H]1CN(c2cc(F)c(C3=CCN(C(=O)c4cnccn4)CC3)cc2NC(=O)c2c[nH]c(=O)cc2CF)C[C@H](C)N1C. The Hall–Kier alpha value is -4.45. The van der Waals surface area contributed by atoms with Crippen LogP contribution < -0.4 is 15.8 Å². The number of halogens is 2. The molecule has 220 valence electrons. The number of H-pyrrole nitrogens is 1. The first-order chi connectivity index (χ1) is 20.2. The Balaban J connectivity index is 1.48. The van der Waals surface area contributed by atoms with Crippen molar-refractivity contribution in [1.82, 2.24) is 24.8 Å². The van der Waals surface area contributed by atoms with Gasteiger partial charge in [-0.05, 0) is 45.0 Å². The van der Waals surface area contributed by atoms with Gasteiger partial charge >= 0.3 is 0 Å². The highest BCUT2D eigenvalue weighted by Crippen LogP contribution is 2.36. The largest absolute Gasteiger partial charge is 0.367 e. The Morgan fingerprint density at radius 3 is 2.55 bits per heavy atom. The smallest absolute Gasteiger partial charge is 0.274 e. The zero-order chi connectivity index (χ0) is 30.0. The van der Waals surface area contributed by atoms with Gasteiger partial charge in [0.1, 0.15) is 18.2 Å². The lowest BCUT2D eigenvalue weighted by atomic mass is 9.96. The van der Waals surface area contributed by atoms with Gasteiger partial charge in [-0.2, -0.15) is 0 Å². The quantitative estimate of drug-likeness (QED) is 0.461. The van der Waals surface area contributed by atoms with Gasteiger partial charge in [-0.25, -0.2) is 13.8 Å². The van der Waals surface area contributed by atoms with E-state index in [9.17, 15) is 18.8 Å². The van der Waals surface area contributed by atoms with Crippen molar-refractivity contribution in [2.24, 2.45) is 0 Å². The summed E-state index contributed by atoms with van der Waals surface area (Å²) in [7, 11) is 2.04. The Labute approximate surface area is 242 Å². The average molecular weight is 578 g/mol. The Morgan fingerprint density at radius 2 is 1.90 bits per heavy atom. The van der Waals surface area contributed by atoms with Gasteiger partial charge in [-0.15, -0.1) is 0 Å². The molecule has 1 aromatic carbocycles. The number of carbonyl (C=O) groups excluding carboxylic acids is 2. The normalized spacial score (nSPS) is 19.4. The van der Waals surface area contributed by atoms with Crippen molar-refractivity contribution in [3.8, 4) is 0 Å². The molecule has 5 rings (SSSR count). The Kier molecular flexibility index (Phi) is 8.44. The zero-order valence-electron chi connectivity index (χ0n) is 23.7. The second-order valence-electron chi connectivity index (χ2n) is 10.8. The number of benzene rings is 1. The third-order valence-corrected chi connectivity index (χ3v) is 8.06. The van der Waals surface area contributed by atoms with Gasteiger partial charge in [0.05, 0.1) is 23.1 Å². The van der Waals surface area contributed by atoms with Crippen molar-refractivity contribution in [1.29, 1.82) is 0 Å². The maximum absolute atomic E-state index is 15.8. The van der Waals surface area contributed by atoms with E-state index in [1.807, 2.05) is 11.9 Å². The number of carbonyl (C=O) groups is 2. The van der Waals surface area contributed by atoms with Gasteiger partial charge in [0.25, 0.3) is 11.8 Å². The van der Waals surface area contributed by atoms with Crippen LogP contribution in [0.1, 0.15) is 52.2 Å². The number of aromatic nitrogens is 3. The van der Waals surface area contributed by atoms with Gasteiger partial charge in [0.15, 0.2) is 0 Å². The molecule has 2 aliphatic rings. The molecule has 4 heterocycles. The van der Waals surface area contributed by atoms with E-state index in [1.54, 1.807) is 17.0 Å². The molecule has 12 heteroatoms. The van der Waals surface area contributed by atoms with Crippen molar-refractivity contribution in [2.45, 2.75) is 39.0 Å². The van der Waals surface area contributed by atoms with Crippen molar-refractivity contribution < 1.29 is 18.4 Å². The summed E-state index contributed by atoms with van der Waals surface area (Å²) in [6.07, 6.45) is 7.73. The summed E-state index contributed by atoms with van der Waals surface area (Å²) in [5, 5.41) is 2.86. The predicted molar refractivity (Wildman–Crippen MR) is 156 cm³/mol. The van der Waals surface area contributed by atoms with Crippen LogP contribution >= 0.6 is 0 Å². The standard InChI is InChI=1S/C30H33F2N7O3/c1-18-16-39(17-19(2)37(18)3)27-12-24(32)22(11-25(27)36-29(41)23-14-35-28(40)10-21(23)13-31)20-4-8-38(9-5-20)30(42)26-15-33-6-7-34-26/h4,6-7,10-12,14-15,18-19H,5,8-9,13,16-17H2,1-3H3,(H,35,40)(H,36,41)/t18-,19+. The van der Waals surface area contributed by atoms with Crippen molar-refractivity contribution in [2.75, 3.05) is 43.4 Å². The molecule has 3 aromatic rings. The number of nitrogens with one attached hydrogen (secondary N) is 2. The lowest BCUT2D eigenvalue weighted by Gasteiger charge is -2.44. The zero-order valence-corrected chi connectivity index (χ0v) is 23.7. The Bertz CT molecular complexity index is 1560. The van der Waals surface area contributed by atoms with E-state index in [1.165, 1.54) is 30.9 Å². The molecule has 1 fully saturated rings. The molecule has 0 spiro atoms. The number of anilines is 2. The summed E-state index contributed by atoms with van der Waals surface area (Å²) in [6.45, 7) is 5.02. The molecule has 0 bridgehead atoms. The summed E-state index contributed by atoms with van der Waals surface area (Å²) >= 11 is 0. The van der Waals surface area contributed by atoms with Gasteiger partial charge in [-0.1, -0.05) is 6.08 Å². The minimum absolute atomic E-state index is 0.0101. The minimum atomic E-state index is -0.988. The fourth-order valence-corrected chi connectivity index (χ4v) is 5.47. The van der Waals surface area contributed by atoms with E-state index in [2.05, 4.69) is 39.0 Å². The minimum Gasteiger partial charge on any atom is -0.367 e. The highest BCUT2D eigenvalue weighted by Gasteiger charge is 2.30. The summed E-state index contributed by atoms with van der Waals surface area (Å²) in [4.78, 5) is 54.2. The van der Waals surface area contributed by atoms with Crippen LogP contribution in [0.25, 0.3) is 5.57 Å². The number of hydrogen-bond donors (Lipinski definition) is 2. The van der Waals surface area contributed by atoms with E-state index >= 15 is 4.39 Å². The number of hydrogen-bond acceptors (Lipinski definition) is 7. The second kappa shape index (κ2) is 12.2. The van der Waals surface area contributed by atoms with Crippen molar-refractivity contribution in [3.05, 3.63) is 87.6 Å². The molecule has 0 saturated carbocycles. The summed E-state index contributed by atoms with van der Waals surface area (Å²) in [5.41, 5.74) is 1.57. The molecule has 0 radical (unpaired) electrons. The van der Waals surface area contributed by atoms with Crippen LogP contribution in [-0.2, 0) is 6.67 Å². The number of nitrogens with zero attached hydrogens (tertiary/aromatic N) is 5. The number of amides is 2. The third-order valence-electron chi connectivity index (χ3n) is 8.06. The fraction of sp³-hybridized carbons (Fsp3) is 0.367. The van der Waals surface area contributed by atoms with Crippen LogP contribution in [0.4, 0.5) is 20.2 Å². The van der Waals surface area contributed by atoms with E-state index in [4.69, 9.17) is 0 Å². The van der Waals surface area contributed by atoms with Gasteiger partial charge in [0, 0.05) is 74.0 Å². The van der Waals surface area contributed by atoms with Crippen molar-refractivity contribution in [3.63, 3.8) is 0 Å². The maximum atomic E-state index is 15.8. The van der Waals surface area contributed by atoms with E-state index in [-0.39, 0.29) is 41.4 Å². The summed E-state index contributed by atoms with van der Waals surface area (Å²) < 4.78 is 29.5. The second-order valence-corrected chi connectivity index (χ2v) is 10.8. The van der Waals surface area contributed by atoms with Crippen LogP contribution in [0.5, 0.6) is 0 Å². The Morgan fingerprint density at radius 1 is 1.14 bits per heavy atom. The van der Waals surface area contributed by atoms with Crippen LogP contribution in [0.3, 0.4) is 0 Å². The lowest BCUT2D eigenvalue weighted by molar-refractivity contribution is 0.0766. The van der Waals surface area contributed by atoms with E-state index < -0.39 is 24.0 Å². The number of piperazine rings is 1. The molecule has 42 heavy (non-hydrogen) atoms. The average Bonchev–Trinajstić information content (AvgIpc) is 3.00. The van der Waals surface area contributed by atoms with Gasteiger partial charge < -0.3 is 20.1 Å². The predicted octanol–water partition coefficient (Wildman–Crippen LogP) is 3.48. The fourth-order valence-electron chi connectivity index (χ4n) is 5.47. The highest BCUT2D eigenvalue weighted by molar-refractivity contribution is 6.07. The number of pyridine rings is 1. The molecule has 2 atom stereocenters. The van der Waals surface area contributed by atoms with Crippen LogP contribution in [0, 0.1) is 5.82 Å². The summed E-state index contributed by atoms with van der Waals surface area (Å²) in [5.74, 6) is -1.33. The first kappa shape index (κ1) is 29.1. The first-order valence-corrected chi connectivity index (χ1v) is 13.8. The monoisotopic (exact) mass is 577 g/mol. The molecule has 2 aliphatic heterocycles. The number of rotatable bonds is 6. The molecule has 1 saturated heterocycles. The van der Waals surface area contributed by atoms with Gasteiger partial charge in [0.2, 0.25) is 5.56 Å². The van der Waals surface area contributed by atoms with Crippen LogP contribution in [0.15, 0.2) is 53.9 Å². The number of likely N-dealkylation sites (N-methyl/N-ethyl adjacent to an activating group) is 1. The van der Waals surface area contributed by atoms with Gasteiger partial charge in [-0.3, -0.25) is 24.3 Å². The molecule has 2 amide bonds. The molecular formula is C30H33F2N7O3. The van der Waals surface area contributed by atoms with Crippen LogP contribution in [0.2, 0.25) is 0 Å². The van der Waals surface area contributed by atoms with Crippen molar-refractivity contribution >= 4 is 28.8 Å². The first-order valence-electron chi connectivity index (χ1n) is 13.8. The third kappa shape index (κ3) is 5.94. The molecule has 0 unspecified atom stereocenters. The molecule has 0 aliphatic carbocycles. The van der Waals surface area contributed by atoms with E-state index in [0.717, 1.165) is 6.07 Å². The number of alkyl halides is 1. The topological polar surface area (TPSA) is 115 Å². The molecular weight excluding hydrogens is 544 g/mol. The molecule has 2 aromatic heterocycles. The summed E-state index contributed by atoms with van der Waals surface area (Å²) in [6, 6.07) is 4.43. The molecule has 10 nitrogen and oxygen atoms in total. The van der Waals surface area contributed by atoms with Crippen LogP contribution in [-0.4, -0.2) is 81.9 Å². The lowest BCUT2D eigenvalue weighted by Crippen LogP contribution is -2.55. The number of aromatic amines is 1. The highest BCUT2D eigenvalue weighted by atomic mass is 19.1. The maximum Gasteiger partial charge on any atom is 0.274 e. The molecule has 2 N–H and O–H groups in total. The van der Waals surface area contributed by atoms with E-state index in [0.29, 0.717) is 48.6 Å².